The number of fused-ring (bicyclic) bond motifs is 8. The first-order chi connectivity index (χ1) is 41.7. The third kappa shape index (κ3) is 17.2. The van der Waals surface area contributed by atoms with Gasteiger partial charge in [0.2, 0.25) is 0 Å². The lowest BCUT2D eigenvalue weighted by Gasteiger charge is -2.28. The second-order valence-electron chi connectivity index (χ2n) is 24.9. The van der Waals surface area contributed by atoms with Crippen molar-refractivity contribution in [1.29, 1.82) is 0 Å². The third-order valence-corrected chi connectivity index (χ3v) is 17.9. The summed E-state index contributed by atoms with van der Waals surface area (Å²) in [5, 5.41) is 11.8. The number of benzene rings is 4. The van der Waals surface area contributed by atoms with E-state index in [1.807, 2.05) is 0 Å². The fourth-order valence-electron chi connectivity index (χ4n) is 8.77. The Bertz CT molecular complexity index is 3240. The summed E-state index contributed by atoms with van der Waals surface area (Å²) in [5.41, 5.74) is 4.29. The lowest BCUT2D eigenvalue weighted by Crippen LogP contribution is -2.21. The average Bonchev–Trinajstić information content (AvgIpc) is 1.07. The van der Waals surface area contributed by atoms with Crippen LogP contribution in [-0.4, -0.2) is 70.0 Å². The van der Waals surface area contributed by atoms with Gasteiger partial charge in [0.1, 0.15) is 23.0 Å². The van der Waals surface area contributed by atoms with E-state index in [-0.39, 0.29) is 26.4 Å². The highest BCUT2D eigenvalue weighted by molar-refractivity contribution is 8.01. The molecule has 0 saturated carbocycles. The number of nitrogens with zero attached hydrogens (tertiary/aromatic N) is 4. The van der Waals surface area contributed by atoms with Crippen LogP contribution in [-0.2, 0) is 40.8 Å². The van der Waals surface area contributed by atoms with E-state index >= 15 is 0 Å². The van der Waals surface area contributed by atoms with Gasteiger partial charge in [0, 0.05) is 72.3 Å². The molecule has 1 aliphatic rings. The molecule has 5 heterocycles. The van der Waals surface area contributed by atoms with Crippen LogP contribution in [0.5, 0.6) is 23.0 Å². The maximum absolute atomic E-state index is 14.1. The fraction of sp³-hybridized carbons (Fsp3) is 0.294. The van der Waals surface area contributed by atoms with Crippen molar-refractivity contribution < 1.29 is 38.1 Å². The van der Waals surface area contributed by atoms with E-state index in [0.717, 1.165) is 22.3 Å². The van der Waals surface area contributed by atoms with E-state index in [1.165, 1.54) is 47.0 Å². The Morgan fingerprint density at radius 1 is 0.307 bits per heavy atom. The van der Waals surface area contributed by atoms with Crippen molar-refractivity contribution in [3.8, 4) is 23.0 Å². The first-order valence-electron chi connectivity index (χ1n) is 28.5. The van der Waals surface area contributed by atoms with Crippen molar-refractivity contribution >= 4 is 93.4 Å². The largest absolute Gasteiger partial charge is 0.481 e. The number of hydrogen-bond donors (Lipinski definition) is 4. The summed E-state index contributed by atoms with van der Waals surface area (Å²) >= 11 is 5.57. The number of rotatable bonds is 16. The van der Waals surface area contributed by atoms with Gasteiger partial charge in [-0.05, 0) is 141 Å². The molecule has 16 nitrogen and oxygen atoms in total. The number of hydrogen-bond acceptors (Lipinski definition) is 16. The van der Waals surface area contributed by atoms with Crippen molar-refractivity contribution in [1.82, 2.24) is 19.9 Å². The number of aromatic nitrogens is 4. The Morgan fingerprint density at radius 3 is 0.614 bits per heavy atom. The molecular formula is C68H72N8O8S4. The number of pyridine rings is 4. The van der Waals surface area contributed by atoms with Gasteiger partial charge in [-0.2, -0.15) is 0 Å². The molecule has 1 aliphatic heterocycles. The highest BCUT2D eigenvalue weighted by Gasteiger charge is 2.32. The molecule has 456 valence electrons. The van der Waals surface area contributed by atoms with Crippen molar-refractivity contribution in [3.05, 3.63) is 169 Å². The van der Waals surface area contributed by atoms with Crippen molar-refractivity contribution in [2.75, 3.05) is 47.7 Å². The summed E-state index contributed by atoms with van der Waals surface area (Å²) in [6, 6.07) is 30.3. The van der Waals surface area contributed by atoms with Gasteiger partial charge in [0.25, 0.3) is 23.6 Å². The molecule has 0 saturated heterocycles. The zero-order valence-corrected chi connectivity index (χ0v) is 54.6. The molecule has 9 rings (SSSR count). The van der Waals surface area contributed by atoms with Crippen LogP contribution in [0.2, 0.25) is 0 Å². The van der Waals surface area contributed by atoms with Crippen LogP contribution in [0.4, 0.5) is 22.7 Å². The molecule has 8 bridgehead atoms. The number of anilines is 4. The molecule has 8 aromatic rings. The molecule has 88 heavy (non-hydrogen) atoms. The van der Waals surface area contributed by atoms with Crippen molar-refractivity contribution in [3.63, 3.8) is 0 Å². The van der Waals surface area contributed by atoms with Gasteiger partial charge < -0.3 is 40.2 Å². The Labute approximate surface area is 531 Å². The Morgan fingerprint density at radius 2 is 0.466 bits per heavy atom. The smallest absolute Gasteiger partial charge is 0.262 e. The minimum Gasteiger partial charge on any atom is -0.481 e. The number of carbonyl (C=O) groups is 4. The molecule has 4 aromatic carbocycles. The molecule has 20 heteroatoms. The molecule has 0 aliphatic carbocycles. The summed E-state index contributed by atoms with van der Waals surface area (Å²) < 4.78 is 27.6. The summed E-state index contributed by atoms with van der Waals surface area (Å²) in [6.07, 6.45) is 12.8. The van der Waals surface area contributed by atoms with E-state index in [1.54, 1.807) is 98.1 Å². The average molecular weight is 1260 g/mol. The van der Waals surface area contributed by atoms with Gasteiger partial charge in [-0.3, -0.25) is 39.1 Å². The molecule has 0 spiro atoms. The normalized spacial score (nSPS) is 12.5. The molecular weight excluding hydrogens is 1190 g/mol. The lowest BCUT2D eigenvalue weighted by atomic mass is 9.87. The van der Waals surface area contributed by atoms with Gasteiger partial charge >= 0.3 is 0 Å². The fourth-order valence-corrected chi connectivity index (χ4v) is 13.6. The highest BCUT2D eigenvalue weighted by atomic mass is 32.2. The topological polar surface area (TPSA) is 205 Å². The predicted octanol–water partition coefficient (Wildman–Crippen LogP) is 15.4. The van der Waals surface area contributed by atoms with Crippen LogP contribution in [0.25, 0.3) is 0 Å². The van der Waals surface area contributed by atoms with E-state index in [9.17, 15) is 19.2 Å². The van der Waals surface area contributed by atoms with Crippen LogP contribution in [0, 0.1) is 0 Å². The lowest BCUT2D eigenvalue weighted by molar-refractivity contribution is -0.118. The second kappa shape index (κ2) is 27.6. The summed E-state index contributed by atoms with van der Waals surface area (Å²) in [7, 11) is 0. The van der Waals surface area contributed by atoms with Crippen LogP contribution < -0.4 is 40.2 Å². The summed E-state index contributed by atoms with van der Waals surface area (Å²) in [4.78, 5) is 77.9. The van der Waals surface area contributed by atoms with Gasteiger partial charge in [0.05, 0.1) is 39.2 Å². The van der Waals surface area contributed by atoms with Crippen LogP contribution in [0.1, 0.15) is 105 Å². The van der Waals surface area contributed by atoms with Crippen molar-refractivity contribution in [2.45, 2.75) is 144 Å². The van der Waals surface area contributed by atoms with E-state index in [4.69, 9.17) is 18.9 Å². The predicted molar refractivity (Wildman–Crippen MR) is 351 cm³/mol. The standard InChI is InChI=1S/C68H72N8O8S4/c1-65(2,3)41-29-49-61(81-37-57(77)73-45-13-21-69-22-14-45)50(30-41)86-52-32-43(67(7,8)9)34-54(63(52)83-39-59(79)75-47-17-25-71-26-18-47)88-56-36-44(68(10,11)12)35-55(64(56)84-40-60(80)76-48-19-27-72-28-20-48)87-53-33-42(66(4,5)6)31-51(85-49)62(53)82-38-58(78)74-46-15-23-70-24-16-46/h13-36H,37-40H2,1-12H3,(H,69,73,77)(H,70,74,78)(H,71,75,79)(H,72,76,80). The van der Waals surface area contributed by atoms with Crippen LogP contribution in [0.3, 0.4) is 0 Å². The van der Waals surface area contributed by atoms with E-state index in [2.05, 4.69) is 173 Å². The number of nitrogens with one attached hydrogen (secondary N) is 4. The van der Waals surface area contributed by atoms with E-state index < -0.39 is 45.3 Å². The monoisotopic (exact) mass is 1260 g/mol. The number of ether oxygens (including phenoxy) is 4. The first kappa shape index (κ1) is 64.4. The molecule has 0 fully saturated rings. The number of carbonyl (C=O) groups excluding carboxylic acids is 4. The molecule has 0 atom stereocenters. The molecule has 4 N–H and O–H groups in total. The van der Waals surface area contributed by atoms with Gasteiger partial charge in [-0.15, -0.1) is 0 Å². The second-order valence-corrected chi connectivity index (χ2v) is 29.2. The molecule has 4 amide bonds. The summed E-state index contributed by atoms with van der Waals surface area (Å²) in [5.74, 6) is -0.0248. The zero-order chi connectivity index (χ0) is 63.0. The number of amides is 4. The first-order valence-corrected chi connectivity index (χ1v) is 31.8. The molecule has 4 aromatic heterocycles. The molecule has 0 unspecified atom stereocenters. The van der Waals surface area contributed by atoms with Gasteiger partial charge in [-0.1, -0.05) is 130 Å². The van der Waals surface area contributed by atoms with Crippen LogP contribution >= 0.6 is 47.0 Å². The maximum atomic E-state index is 14.1. The third-order valence-electron chi connectivity index (χ3n) is 13.7. The zero-order valence-electron chi connectivity index (χ0n) is 51.4. The molecule has 0 radical (unpaired) electrons. The minimum atomic E-state index is -0.431. The summed E-state index contributed by atoms with van der Waals surface area (Å²) in [6.45, 7) is 24.1. The SMILES string of the molecule is CC(C)(C)c1cc2c(OCC(=O)Nc3ccncc3)c(c1)Sc1cc(C(C)(C)C)cc(c1OCC(=O)Nc1ccncc1)Sc1cc(C(C)(C)C)cc(c1OCC(=O)Nc1ccncc1)Sc1cc(C(C)(C)C)cc(c1OCC(=O)Nc1ccncc1)S2. The Balaban J connectivity index is 1.33. The maximum Gasteiger partial charge on any atom is 0.262 e. The quantitative estimate of drug-likeness (QED) is 0.0710. The Hall–Kier alpha value is -8.04. The van der Waals surface area contributed by atoms with Gasteiger partial charge in [0.15, 0.2) is 26.4 Å². The Kier molecular flexibility index (Phi) is 20.2. The van der Waals surface area contributed by atoms with Crippen LogP contribution in [0.15, 0.2) is 186 Å². The van der Waals surface area contributed by atoms with Gasteiger partial charge in [-0.25, -0.2) is 0 Å². The van der Waals surface area contributed by atoms with Crippen molar-refractivity contribution in [2.24, 2.45) is 0 Å². The highest BCUT2D eigenvalue weighted by Crippen LogP contribution is 2.56. The van der Waals surface area contributed by atoms with E-state index in [0.29, 0.717) is 84.9 Å². The minimum absolute atomic E-state index is 0.379.